The van der Waals surface area contributed by atoms with E-state index in [4.69, 9.17) is 9.47 Å². The maximum Gasteiger partial charge on any atom is 0.282 e. The Balaban J connectivity index is 1.81. The van der Waals surface area contributed by atoms with Crippen LogP contribution in [0.4, 0.5) is 11.4 Å². The van der Waals surface area contributed by atoms with Gasteiger partial charge in [-0.25, -0.2) is 4.90 Å². The summed E-state index contributed by atoms with van der Waals surface area (Å²) in [5.41, 5.74) is 2.22. The summed E-state index contributed by atoms with van der Waals surface area (Å²) in [6, 6.07) is 23.3. The van der Waals surface area contributed by atoms with Crippen molar-refractivity contribution in [3.05, 3.63) is 90.1 Å². The van der Waals surface area contributed by atoms with Gasteiger partial charge < -0.3 is 14.8 Å². The van der Waals surface area contributed by atoms with Crippen molar-refractivity contribution in [2.75, 3.05) is 23.9 Å². The lowest BCUT2D eigenvalue weighted by Gasteiger charge is -2.16. The minimum absolute atomic E-state index is 0.200. The van der Waals surface area contributed by atoms with Gasteiger partial charge in [0, 0.05) is 6.07 Å². The van der Waals surface area contributed by atoms with Gasteiger partial charge in [0.1, 0.15) is 17.2 Å². The summed E-state index contributed by atoms with van der Waals surface area (Å²) in [7, 11) is 1.54. The predicted molar refractivity (Wildman–Crippen MR) is 120 cm³/mol. The first-order valence-electron chi connectivity index (χ1n) is 9.95. The van der Waals surface area contributed by atoms with Crippen LogP contribution in [0.1, 0.15) is 12.5 Å². The average Bonchev–Trinajstić information content (AvgIpc) is 3.05. The fraction of sp³-hybridized carbons (Fsp3) is 0.120. The Morgan fingerprint density at radius 1 is 0.871 bits per heavy atom. The number of rotatable bonds is 7. The van der Waals surface area contributed by atoms with Gasteiger partial charge in [-0.15, -0.1) is 0 Å². The summed E-state index contributed by atoms with van der Waals surface area (Å²) in [4.78, 5) is 28.1. The Kier molecular flexibility index (Phi) is 5.71. The number of ether oxygens (including phenoxy) is 2. The van der Waals surface area contributed by atoms with Crippen LogP contribution in [0.2, 0.25) is 0 Å². The third-order valence-electron chi connectivity index (χ3n) is 4.90. The molecule has 1 N–H and O–H groups in total. The Bertz CT molecular complexity index is 1150. The number of nitrogens with zero attached hydrogens (tertiary/aromatic N) is 1. The van der Waals surface area contributed by atoms with E-state index in [0.717, 1.165) is 4.90 Å². The maximum absolute atomic E-state index is 13.5. The Labute approximate surface area is 180 Å². The van der Waals surface area contributed by atoms with Crippen molar-refractivity contribution >= 4 is 28.8 Å². The predicted octanol–water partition coefficient (Wildman–Crippen LogP) is 4.49. The lowest BCUT2D eigenvalue weighted by atomic mass is 10.0. The zero-order valence-electron chi connectivity index (χ0n) is 17.3. The standard InChI is InChI=1S/C25H22N2O4/c1-3-31-21-15-8-7-14-20(21)26-23-22(17-10-5-4-6-11-17)24(28)27(25(23)29)18-12-9-13-19(16-18)30-2/h4-16,26H,3H2,1-2H3. The number of anilines is 2. The molecule has 0 radical (unpaired) electrons. The molecule has 0 atom stereocenters. The number of methoxy groups -OCH3 is 1. The molecule has 0 saturated carbocycles. The number of carbonyl (C=O) groups is 2. The van der Waals surface area contributed by atoms with E-state index in [9.17, 15) is 9.59 Å². The Hall–Kier alpha value is -4.06. The molecule has 0 fully saturated rings. The summed E-state index contributed by atoms with van der Waals surface area (Å²) in [6.45, 7) is 2.37. The molecule has 0 spiro atoms. The molecule has 2 amide bonds. The van der Waals surface area contributed by atoms with E-state index < -0.39 is 11.8 Å². The molecule has 31 heavy (non-hydrogen) atoms. The molecule has 6 nitrogen and oxygen atoms in total. The van der Waals surface area contributed by atoms with E-state index in [0.29, 0.717) is 40.6 Å². The molecule has 3 aromatic carbocycles. The van der Waals surface area contributed by atoms with E-state index in [1.165, 1.54) is 7.11 Å². The van der Waals surface area contributed by atoms with Crippen LogP contribution in [0.3, 0.4) is 0 Å². The van der Waals surface area contributed by atoms with Gasteiger partial charge in [-0.3, -0.25) is 9.59 Å². The molecule has 0 bridgehead atoms. The number of hydrogen-bond acceptors (Lipinski definition) is 5. The molecular weight excluding hydrogens is 392 g/mol. The van der Waals surface area contributed by atoms with Gasteiger partial charge in [-0.2, -0.15) is 0 Å². The van der Waals surface area contributed by atoms with Crippen molar-refractivity contribution in [1.29, 1.82) is 0 Å². The minimum Gasteiger partial charge on any atom is -0.497 e. The van der Waals surface area contributed by atoms with Crippen LogP contribution >= 0.6 is 0 Å². The first-order valence-corrected chi connectivity index (χ1v) is 9.95. The van der Waals surface area contributed by atoms with Crippen molar-refractivity contribution < 1.29 is 19.1 Å². The number of para-hydroxylation sites is 2. The van der Waals surface area contributed by atoms with E-state index >= 15 is 0 Å². The first-order chi connectivity index (χ1) is 15.1. The van der Waals surface area contributed by atoms with E-state index in [2.05, 4.69) is 5.32 Å². The van der Waals surface area contributed by atoms with Crippen molar-refractivity contribution in [2.24, 2.45) is 0 Å². The lowest BCUT2D eigenvalue weighted by Crippen LogP contribution is -2.32. The molecule has 0 aromatic heterocycles. The fourth-order valence-corrected chi connectivity index (χ4v) is 3.49. The molecule has 156 valence electrons. The Morgan fingerprint density at radius 3 is 2.35 bits per heavy atom. The van der Waals surface area contributed by atoms with Crippen LogP contribution in [0.15, 0.2) is 84.6 Å². The van der Waals surface area contributed by atoms with Crippen LogP contribution in [-0.4, -0.2) is 25.5 Å². The molecule has 1 aliphatic rings. The summed E-state index contributed by atoms with van der Waals surface area (Å²) in [6.07, 6.45) is 0. The summed E-state index contributed by atoms with van der Waals surface area (Å²) in [5.74, 6) is 0.316. The van der Waals surface area contributed by atoms with E-state index in [1.807, 2.05) is 61.5 Å². The molecule has 6 heteroatoms. The van der Waals surface area contributed by atoms with Gasteiger partial charge in [0.15, 0.2) is 0 Å². The second-order valence-corrected chi connectivity index (χ2v) is 6.82. The van der Waals surface area contributed by atoms with Gasteiger partial charge in [-0.1, -0.05) is 48.5 Å². The highest BCUT2D eigenvalue weighted by atomic mass is 16.5. The van der Waals surface area contributed by atoms with Crippen LogP contribution in [0, 0.1) is 0 Å². The largest absolute Gasteiger partial charge is 0.497 e. The van der Waals surface area contributed by atoms with Crippen molar-refractivity contribution in [3.8, 4) is 11.5 Å². The van der Waals surface area contributed by atoms with Gasteiger partial charge in [0.2, 0.25) is 0 Å². The third kappa shape index (κ3) is 3.88. The first kappa shape index (κ1) is 20.2. The summed E-state index contributed by atoms with van der Waals surface area (Å²) < 4.78 is 10.9. The van der Waals surface area contributed by atoms with E-state index in [1.54, 1.807) is 24.3 Å². The normalized spacial score (nSPS) is 13.5. The molecule has 0 aliphatic carbocycles. The molecular formula is C25H22N2O4. The second-order valence-electron chi connectivity index (χ2n) is 6.82. The highest BCUT2D eigenvalue weighted by Crippen LogP contribution is 2.36. The van der Waals surface area contributed by atoms with E-state index in [-0.39, 0.29) is 5.70 Å². The molecule has 3 aromatic rings. The summed E-state index contributed by atoms with van der Waals surface area (Å²) >= 11 is 0. The molecule has 0 saturated heterocycles. The second kappa shape index (κ2) is 8.75. The smallest absolute Gasteiger partial charge is 0.282 e. The van der Waals surface area contributed by atoms with Crippen molar-refractivity contribution in [3.63, 3.8) is 0 Å². The quantitative estimate of drug-likeness (QED) is 0.577. The third-order valence-corrected chi connectivity index (χ3v) is 4.90. The zero-order chi connectivity index (χ0) is 21.8. The van der Waals surface area contributed by atoms with Crippen molar-refractivity contribution in [1.82, 2.24) is 0 Å². The lowest BCUT2D eigenvalue weighted by molar-refractivity contribution is -0.120. The SMILES string of the molecule is CCOc1ccccc1NC1=C(c2ccccc2)C(=O)N(c2cccc(OC)c2)C1=O. The highest BCUT2D eigenvalue weighted by Gasteiger charge is 2.40. The topological polar surface area (TPSA) is 67.9 Å². The van der Waals surface area contributed by atoms with Gasteiger partial charge in [0.05, 0.1) is 30.7 Å². The Morgan fingerprint density at radius 2 is 1.61 bits per heavy atom. The number of carbonyl (C=O) groups excluding carboxylic acids is 2. The number of amides is 2. The highest BCUT2D eigenvalue weighted by molar-refractivity contribution is 6.46. The van der Waals surface area contributed by atoms with Gasteiger partial charge >= 0.3 is 0 Å². The minimum atomic E-state index is -0.441. The van der Waals surface area contributed by atoms with Gasteiger partial charge in [0.25, 0.3) is 11.8 Å². The van der Waals surface area contributed by atoms with Crippen LogP contribution < -0.4 is 19.7 Å². The van der Waals surface area contributed by atoms with Crippen molar-refractivity contribution in [2.45, 2.75) is 6.92 Å². The van der Waals surface area contributed by atoms with Crippen LogP contribution in [0.5, 0.6) is 11.5 Å². The molecule has 1 aliphatic heterocycles. The van der Waals surface area contributed by atoms with Crippen LogP contribution in [0.25, 0.3) is 5.57 Å². The summed E-state index contributed by atoms with van der Waals surface area (Å²) in [5, 5.41) is 3.16. The zero-order valence-corrected chi connectivity index (χ0v) is 17.3. The molecule has 4 rings (SSSR count). The van der Waals surface area contributed by atoms with Crippen LogP contribution in [-0.2, 0) is 9.59 Å². The molecule has 1 heterocycles. The number of benzene rings is 3. The number of imide groups is 1. The average molecular weight is 414 g/mol. The maximum atomic E-state index is 13.5. The number of hydrogen-bond donors (Lipinski definition) is 1. The van der Waals surface area contributed by atoms with Gasteiger partial charge in [-0.05, 0) is 36.8 Å². The number of nitrogens with one attached hydrogen (secondary N) is 1. The molecule has 0 unspecified atom stereocenters. The monoisotopic (exact) mass is 414 g/mol. The fourth-order valence-electron chi connectivity index (χ4n) is 3.49.